The smallest absolute Gasteiger partial charge is 0.255 e. The van der Waals surface area contributed by atoms with Gasteiger partial charge in [-0.05, 0) is 48.4 Å². The summed E-state index contributed by atoms with van der Waals surface area (Å²) in [6.45, 7) is 0.178. The van der Waals surface area contributed by atoms with Crippen LogP contribution in [0.5, 0.6) is 11.5 Å². The predicted molar refractivity (Wildman–Crippen MR) is 83.9 cm³/mol. The number of rotatable bonds is 2. The number of aryl methyl sites for hydroxylation is 1. The highest BCUT2D eigenvalue weighted by molar-refractivity contribution is 6.05. The zero-order valence-corrected chi connectivity index (χ0v) is 12.2. The van der Waals surface area contributed by atoms with E-state index >= 15 is 0 Å². The Kier molecular flexibility index (Phi) is 3.15. The third-order valence-electron chi connectivity index (χ3n) is 3.89. The first-order valence-electron chi connectivity index (χ1n) is 7.33. The number of hydrogen-bond donors (Lipinski definition) is 2. The van der Waals surface area contributed by atoms with Crippen molar-refractivity contribution in [2.45, 2.75) is 12.8 Å². The van der Waals surface area contributed by atoms with Crippen LogP contribution in [0.2, 0.25) is 0 Å². The molecule has 0 aromatic heterocycles. The number of carbonyl (C=O) groups excluding carboxylic acids is 2. The van der Waals surface area contributed by atoms with Gasteiger partial charge in [0.15, 0.2) is 11.5 Å². The molecule has 2 aromatic carbocycles. The number of fused-ring (bicyclic) bond motifs is 2. The number of benzene rings is 2. The molecular weight excluding hydrogens is 296 g/mol. The Bertz CT molecular complexity index is 816. The topological polar surface area (TPSA) is 76.7 Å². The minimum atomic E-state index is -0.219. The van der Waals surface area contributed by atoms with Crippen LogP contribution in [0, 0.1) is 0 Å². The molecule has 2 aliphatic heterocycles. The fourth-order valence-electron chi connectivity index (χ4n) is 2.70. The summed E-state index contributed by atoms with van der Waals surface area (Å²) in [5.41, 5.74) is 3.03. The highest BCUT2D eigenvalue weighted by Crippen LogP contribution is 2.33. The minimum absolute atomic E-state index is 0.0228. The third kappa shape index (κ3) is 2.59. The van der Waals surface area contributed by atoms with E-state index in [2.05, 4.69) is 10.6 Å². The summed E-state index contributed by atoms with van der Waals surface area (Å²) in [5, 5.41) is 5.68. The number of carbonyl (C=O) groups is 2. The number of nitrogens with one attached hydrogen (secondary N) is 2. The van der Waals surface area contributed by atoms with Crippen molar-refractivity contribution in [2.24, 2.45) is 0 Å². The second-order valence-corrected chi connectivity index (χ2v) is 5.44. The van der Waals surface area contributed by atoms with Gasteiger partial charge in [-0.1, -0.05) is 0 Å². The zero-order chi connectivity index (χ0) is 15.8. The molecule has 0 aliphatic carbocycles. The molecule has 23 heavy (non-hydrogen) atoms. The average Bonchev–Trinajstić information content (AvgIpc) is 3.02. The van der Waals surface area contributed by atoms with E-state index in [1.54, 1.807) is 24.3 Å². The van der Waals surface area contributed by atoms with Gasteiger partial charge in [-0.2, -0.15) is 0 Å². The van der Waals surface area contributed by atoms with Crippen molar-refractivity contribution in [3.63, 3.8) is 0 Å². The van der Waals surface area contributed by atoms with Crippen molar-refractivity contribution in [1.29, 1.82) is 0 Å². The first kappa shape index (κ1) is 13.6. The van der Waals surface area contributed by atoms with Gasteiger partial charge in [0.05, 0.1) is 0 Å². The van der Waals surface area contributed by atoms with E-state index in [1.165, 1.54) is 0 Å². The quantitative estimate of drug-likeness (QED) is 0.893. The molecule has 116 valence electrons. The van der Waals surface area contributed by atoms with Crippen molar-refractivity contribution >= 4 is 23.2 Å². The summed E-state index contributed by atoms with van der Waals surface area (Å²) in [5.74, 6) is 1.02. The molecule has 0 fully saturated rings. The van der Waals surface area contributed by atoms with Gasteiger partial charge >= 0.3 is 0 Å². The van der Waals surface area contributed by atoms with Crippen molar-refractivity contribution in [2.75, 3.05) is 17.4 Å². The van der Waals surface area contributed by atoms with Crippen LogP contribution in [-0.2, 0) is 11.2 Å². The van der Waals surface area contributed by atoms with E-state index in [0.717, 1.165) is 11.3 Å². The van der Waals surface area contributed by atoms with Crippen LogP contribution in [-0.4, -0.2) is 18.6 Å². The maximum absolute atomic E-state index is 12.4. The predicted octanol–water partition coefficient (Wildman–Crippen LogP) is 2.55. The molecule has 2 amide bonds. The lowest BCUT2D eigenvalue weighted by Crippen LogP contribution is -2.19. The van der Waals surface area contributed by atoms with Gasteiger partial charge < -0.3 is 20.1 Å². The molecule has 2 heterocycles. The average molecular weight is 310 g/mol. The number of amides is 2. The maximum Gasteiger partial charge on any atom is 0.255 e. The fourth-order valence-corrected chi connectivity index (χ4v) is 2.70. The standard InChI is InChI=1S/C17H14N2O4/c20-16-6-2-10-7-12(3-4-13(10)19-16)18-17(21)11-1-5-14-15(8-11)23-9-22-14/h1,3-5,7-8H,2,6,9H2,(H,18,21)(H,19,20). The first-order chi connectivity index (χ1) is 11.2. The summed E-state index contributed by atoms with van der Waals surface area (Å²) < 4.78 is 10.5. The van der Waals surface area contributed by atoms with Crippen LogP contribution in [0.3, 0.4) is 0 Å². The van der Waals surface area contributed by atoms with Crippen LogP contribution in [0.1, 0.15) is 22.3 Å². The Morgan fingerprint density at radius 1 is 1.04 bits per heavy atom. The van der Waals surface area contributed by atoms with Gasteiger partial charge in [0.1, 0.15) is 0 Å². The number of ether oxygens (including phenoxy) is 2. The normalized spacial score (nSPS) is 14.9. The van der Waals surface area contributed by atoms with E-state index < -0.39 is 0 Å². The van der Waals surface area contributed by atoms with E-state index in [-0.39, 0.29) is 18.6 Å². The minimum Gasteiger partial charge on any atom is -0.454 e. The van der Waals surface area contributed by atoms with Gasteiger partial charge in [-0.25, -0.2) is 0 Å². The summed E-state index contributed by atoms with van der Waals surface area (Å²) in [7, 11) is 0. The van der Waals surface area contributed by atoms with E-state index in [0.29, 0.717) is 35.6 Å². The summed E-state index contributed by atoms with van der Waals surface area (Å²) in [6.07, 6.45) is 1.14. The Balaban J connectivity index is 1.54. The third-order valence-corrected chi connectivity index (χ3v) is 3.89. The second-order valence-electron chi connectivity index (χ2n) is 5.44. The van der Waals surface area contributed by atoms with Crippen LogP contribution in [0.25, 0.3) is 0 Å². The van der Waals surface area contributed by atoms with E-state index in [4.69, 9.17) is 9.47 Å². The molecule has 2 aliphatic rings. The molecule has 2 N–H and O–H groups in total. The van der Waals surface area contributed by atoms with E-state index in [9.17, 15) is 9.59 Å². The monoisotopic (exact) mass is 310 g/mol. The van der Waals surface area contributed by atoms with Crippen LogP contribution >= 0.6 is 0 Å². The van der Waals surface area contributed by atoms with Crippen molar-refractivity contribution in [3.05, 3.63) is 47.5 Å². The Hall–Kier alpha value is -3.02. The highest BCUT2D eigenvalue weighted by atomic mass is 16.7. The number of anilines is 2. The number of hydrogen-bond acceptors (Lipinski definition) is 4. The molecule has 0 saturated carbocycles. The Morgan fingerprint density at radius 2 is 1.91 bits per heavy atom. The molecular formula is C17H14N2O4. The van der Waals surface area contributed by atoms with E-state index in [1.807, 2.05) is 12.1 Å². The molecule has 0 saturated heterocycles. The molecule has 0 spiro atoms. The molecule has 6 nitrogen and oxygen atoms in total. The maximum atomic E-state index is 12.4. The van der Waals surface area contributed by atoms with Gasteiger partial charge in [0, 0.05) is 23.4 Å². The van der Waals surface area contributed by atoms with Gasteiger partial charge in [-0.15, -0.1) is 0 Å². The SMILES string of the molecule is O=C1CCc2cc(NC(=O)c3ccc4c(c3)OCO4)ccc2N1. The van der Waals surface area contributed by atoms with Crippen LogP contribution in [0.4, 0.5) is 11.4 Å². The Morgan fingerprint density at radius 3 is 2.83 bits per heavy atom. The lowest BCUT2D eigenvalue weighted by molar-refractivity contribution is -0.116. The first-order valence-corrected chi connectivity index (χ1v) is 7.33. The van der Waals surface area contributed by atoms with Crippen molar-refractivity contribution < 1.29 is 19.1 Å². The lowest BCUT2D eigenvalue weighted by atomic mass is 10.0. The van der Waals surface area contributed by atoms with Crippen molar-refractivity contribution in [3.8, 4) is 11.5 Å². The lowest BCUT2D eigenvalue weighted by Gasteiger charge is -2.17. The van der Waals surface area contributed by atoms with Gasteiger partial charge in [0.2, 0.25) is 12.7 Å². The molecule has 2 aromatic rings. The molecule has 0 radical (unpaired) electrons. The molecule has 4 rings (SSSR count). The summed E-state index contributed by atoms with van der Waals surface area (Å²) in [6, 6.07) is 10.5. The van der Waals surface area contributed by atoms with Gasteiger partial charge in [-0.3, -0.25) is 9.59 Å². The molecule has 0 atom stereocenters. The Labute approximate surface area is 132 Å². The molecule has 0 bridgehead atoms. The zero-order valence-electron chi connectivity index (χ0n) is 12.2. The van der Waals surface area contributed by atoms with Crippen LogP contribution in [0.15, 0.2) is 36.4 Å². The molecule has 0 unspecified atom stereocenters. The summed E-state index contributed by atoms with van der Waals surface area (Å²) in [4.78, 5) is 23.7. The van der Waals surface area contributed by atoms with Gasteiger partial charge in [0.25, 0.3) is 5.91 Å². The molecule has 6 heteroatoms. The van der Waals surface area contributed by atoms with Crippen molar-refractivity contribution in [1.82, 2.24) is 0 Å². The summed E-state index contributed by atoms with van der Waals surface area (Å²) >= 11 is 0. The van der Waals surface area contributed by atoms with Crippen LogP contribution < -0.4 is 20.1 Å². The highest BCUT2D eigenvalue weighted by Gasteiger charge is 2.18. The second kappa shape index (κ2) is 5.31. The fraction of sp³-hybridized carbons (Fsp3) is 0.176. The largest absolute Gasteiger partial charge is 0.454 e.